The van der Waals surface area contributed by atoms with Gasteiger partial charge in [0, 0.05) is 23.6 Å². The second-order valence-corrected chi connectivity index (χ2v) is 5.45. The van der Waals surface area contributed by atoms with Crippen molar-refractivity contribution in [2.75, 3.05) is 6.54 Å². The predicted molar refractivity (Wildman–Crippen MR) is 60.3 cm³/mol. The maximum absolute atomic E-state index is 12.0. The molecule has 0 bridgehead atoms. The first-order valence-electron chi connectivity index (χ1n) is 5.96. The summed E-state index contributed by atoms with van der Waals surface area (Å²) in [7, 11) is 0. The summed E-state index contributed by atoms with van der Waals surface area (Å²) >= 11 is 0. The van der Waals surface area contributed by atoms with Crippen LogP contribution < -0.4 is 0 Å². The van der Waals surface area contributed by atoms with Crippen LogP contribution in [0.5, 0.6) is 0 Å². The Balaban J connectivity index is 1.93. The quantitative estimate of drug-likeness (QED) is 0.675. The number of aliphatic hydroxyl groups excluding tert-OH is 1. The van der Waals surface area contributed by atoms with Crippen LogP contribution in [-0.2, 0) is 4.79 Å². The Hall–Kier alpha value is -1.09. The summed E-state index contributed by atoms with van der Waals surface area (Å²) in [5, 5.41) is 9.63. The molecule has 0 aromatic carbocycles. The molecule has 2 aliphatic carbocycles. The van der Waals surface area contributed by atoms with Crippen molar-refractivity contribution in [3.8, 4) is 0 Å². The summed E-state index contributed by atoms with van der Waals surface area (Å²) in [5.41, 5.74) is 1.15. The molecular formula is C13H17NO2. The fraction of sp³-hybridized carbons (Fsp3) is 0.615. The zero-order chi connectivity index (χ0) is 11.5. The average Bonchev–Trinajstić information content (AvgIpc) is 2.84. The highest BCUT2D eigenvalue weighted by Gasteiger charge is 2.63. The second kappa shape index (κ2) is 2.98. The molecule has 1 aliphatic heterocycles. The Kier molecular flexibility index (Phi) is 1.88. The first kappa shape index (κ1) is 10.1. The lowest BCUT2D eigenvalue weighted by Crippen LogP contribution is -2.34. The van der Waals surface area contributed by atoms with E-state index in [9.17, 15) is 9.90 Å². The minimum absolute atomic E-state index is 0.0264. The first-order chi connectivity index (χ1) is 7.54. The summed E-state index contributed by atoms with van der Waals surface area (Å²) < 4.78 is 0. The maximum atomic E-state index is 12.0. The van der Waals surface area contributed by atoms with Gasteiger partial charge in [-0.25, -0.2) is 0 Å². The summed E-state index contributed by atoms with van der Waals surface area (Å²) in [6.45, 7) is 4.68. The van der Waals surface area contributed by atoms with E-state index in [0.717, 1.165) is 18.7 Å². The normalized spacial score (nSPS) is 39.5. The summed E-state index contributed by atoms with van der Waals surface area (Å²) in [6.07, 6.45) is 6.40. The minimum Gasteiger partial charge on any atom is -0.385 e. The van der Waals surface area contributed by atoms with Crippen LogP contribution in [0.15, 0.2) is 23.9 Å². The molecule has 1 saturated heterocycles. The number of likely N-dealkylation sites (tertiary alicyclic amines) is 1. The molecule has 1 heterocycles. The summed E-state index contributed by atoms with van der Waals surface area (Å²) in [5.74, 6) is 0.795. The maximum Gasteiger partial charge on any atom is 0.229 e. The van der Waals surface area contributed by atoms with Crippen molar-refractivity contribution in [2.24, 2.45) is 17.3 Å². The number of hydrogen-bond donors (Lipinski definition) is 1. The molecule has 86 valence electrons. The second-order valence-electron chi connectivity index (χ2n) is 5.45. The molecule has 1 saturated carbocycles. The third-order valence-corrected chi connectivity index (χ3v) is 4.00. The average molecular weight is 219 g/mol. The highest BCUT2D eigenvalue weighted by Crippen LogP contribution is 2.65. The molecule has 0 aromatic rings. The number of piperidine rings is 1. The number of aliphatic hydroxyl groups is 1. The van der Waals surface area contributed by atoms with Crippen LogP contribution >= 0.6 is 0 Å². The molecule has 3 heteroatoms. The molecule has 16 heavy (non-hydrogen) atoms. The Morgan fingerprint density at radius 3 is 3.06 bits per heavy atom. The van der Waals surface area contributed by atoms with Crippen LogP contribution in [0, 0.1) is 17.3 Å². The SMILES string of the molecule is CC(C)C(=O)N1CC2C[C@]23C=CC(O)C=C13. The fourth-order valence-corrected chi connectivity index (χ4v) is 3.00. The topological polar surface area (TPSA) is 40.5 Å². The van der Waals surface area contributed by atoms with E-state index < -0.39 is 6.10 Å². The van der Waals surface area contributed by atoms with E-state index in [1.54, 1.807) is 0 Å². The van der Waals surface area contributed by atoms with Gasteiger partial charge in [0.05, 0.1) is 6.10 Å². The predicted octanol–water partition coefficient (Wildman–Crippen LogP) is 1.31. The number of hydrogen-bond acceptors (Lipinski definition) is 2. The van der Waals surface area contributed by atoms with Crippen molar-refractivity contribution in [2.45, 2.75) is 26.4 Å². The number of carbonyl (C=O) groups excluding carboxylic acids is 1. The van der Waals surface area contributed by atoms with E-state index in [1.165, 1.54) is 0 Å². The molecule has 2 unspecified atom stereocenters. The van der Waals surface area contributed by atoms with Gasteiger partial charge in [-0.2, -0.15) is 0 Å². The Labute approximate surface area is 95.4 Å². The third kappa shape index (κ3) is 1.15. The van der Waals surface area contributed by atoms with Gasteiger partial charge in [0.15, 0.2) is 0 Å². The Morgan fingerprint density at radius 2 is 2.38 bits per heavy atom. The van der Waals surface area contributed by atoms with Crippen LogP contribution in [-0.4, -0.2) is 28.6 Å². The molecule has 1 spiro atoms. The highest BCUT2D eigenvalue weighted by atomic mass is 16.3. The zero-order valence-electron chi connectivity index (χ0n) is 9.68. The smallest absolute Gasteiger partial charge is 0.229 e. The molecule has 0 aromatic heterocycles. The largest absolute Gasteiger partial charge is 0.385 e. The molecule has 2 fully saturated rings. The first-order valence-corrected chi connectivity index (χ1v) is 5.96. The van der Waals surface area contributed by atoms with Crippen LogP contribution in [0.2, 0.25) is 0 Å². The number of allylic oxidation sites excluding steroid dienone is 1. The molecule has 3 aliphatic rings. The number of amides is 1. The zero-order valence-corrected chi connectivity index (χ0v) is 9.68. The van der Waals surface area contributed by atoms with E-state index >= 15 is 0 Å². The monoisotopic (exact) mass is 219 g/mol. The van der Waals surface area contributed by atoms with Gasteiger partial charge in [0.1, 0.15) is 0 Å². The van der Waals surface area contributed by atoms with Crippen LogP contribution in [0.25, 0.3) is 0 Å². The standard InChI is InChI=1S/C13H17NO2/c1-8(2)12(16)14-7-9-6-13(9)4-3-10(15)5-11(13)14/h3-5,8-10,15H,6-7H2,1-2H3/t9?,10?,13-/m1/s1. The van der Waals surface area contributed by atoms with E-state index in [1.807, 2.05) is 30.9 Å². The lowest BCUT2D eigenvalue weighted by molar-refractivity contribution is -0.132. The van der Waals surface area contributed by atoms with Crippen LogP contribution in [0.1, 0.15) is 20.3 Å². The van der Waals surface area contributed by atoms with Crippen molar-refractivity contribution in [3.63, 3.8) is 0 Å². The third-order valence-electron chi connectivity index (χ3n) is 4.00. The van der Waals surface area contributed by atoms with Gasteiger partial charge in [-0.1, -0.05) is 26.0 Å². The van der Waals surface area contributed by atoms with Crippen LogP contribution in [0.4, 0.5) is 0 Å². The van der Waals surface area contributed by atoms with Crippen molar-refractivity contribution >= 4 is 5.91 Å². The molecule has 1 amide bonds. The molecule has 3 atom stereocenters. The van der Waals surface area contributed by atoms with Gasteiger partial charge in [-0.3, -0.25) is 4.79 Å². The van der Waals surface area contributed by atoms with Gasteiger partial charge in [0.25, 0.3) is 0 Å². The van der Waals surface area contributed by atoms with E-state index in [-0.39, 0.29) is 17.2 Å². The lowest BCUT2D eigenvalue weighted by atomic mass is 9.94. The van der Waals surface area contributed by atoms with Gasteiger partial charge in [-0.15, -0.1) is 0 Å². The minimum atomic E-state index is -0.526. The van der Waals surface area contributed by atoms with E-state index in [4.69, 9.17) is 0 Å². The van der Waals surface area contributed by atoms with Gasteiger partial charge in [0.2, 0.25) is 5.91 Å². The number of nitrogens with zero attached hydrogens (tertiary/aromatic N) is 1. The van der Waals surface area contributed by atoms with Crippen molar-refractivity contribution in [1.29, 1.82) is 0 Å². The van der Waals surface area contributed by atoms with Crippen molar-refractivity contribution in [1.82, 2.24) is 4.90 Å². The molecule has 3 rings (SSSR count). The molecular weight excluding hydrogens is 202 g/mol. The van der Waals surface area contributed by atoms with E-state index in [0.29, 0.717) is 5.92 Å². The van der Waals surface area contributed by atoms with Gasteiger partial charge >= 0.3 is 0 Å². The summed E-state index contributed by atoms with van der Waals surface area (Å²) in [6, 6.07) is 0. The van der Waals surface area contributed by atoms with Crippen molar-refractivity contribution in [3.05, 3.63) is 23.9 Å². The van der Waals surface area contributed by atoms with Gasteiger partial charge in [-0.05, 0) is 18.4 Å². The molecule has 3 nitrogen and oxygen atoms in total. The summed E-state index contributed by atoms with van der Waals surface area (Å²) in [4.78, 5) is 13.9. The van der Waals surface area contributed by atoms with E-state index in [2.05, 4.69) is 6.08 Å². The van der Waals surface area contributed by atoms with Crippen molar-refractivity contribution < 1.29 is 9.90 Å². The Morgan fingerprint density at radius 1 is 1.62 bits per heavy atom. The number of carbonyl (C=O) groups is 1. The molecule has 0 radical (unpaired) electrons. The number of rotatable bonds is 1. The lowest BCUT2D eigenvalue weighted by Gasteiger charge is -2.28. The van der Waals surface area contributed by atoms with Gasteiger partial charge < -0.3 is 10.0 Å². The fourth-order valence-electron chi connectivity index (χ4n) is 3.00. The van der Waals surface area contributed by atoms with Crippen LogP contribution in [0.3, 0.4) is 0 Å². The highest BCUT2D eigenvalue weighted by molar-refractivity contribution is 5.81. The Bertz CT molecular complexity index is 410. The molecule has 1 N–H and O–H groups in total.